The predicted molar refractivity (Wildman–Crippen MR) is 73.2 cm³/mol. The van der Waals surface area contributed by atoms with E-state index in [1.165, 1.54) is 0 Å². The van der Waals surface area contributed by atoms with Crippen LogP contribution in [0.15, 0.2) is 12.2 Å². The lowest BCUT2D eigenvalue weighted by molar-refractivity contribution is -0.120. The minimum absolute atomic E-state index is 0.0478. The molecule has 2 atom stereocenters. The first-order valence-corrected chi connectivity index (χ1v) is 9.75. The van der Waals surface area contributed by atoms with Crippen molar-refractivity contribution in [3.05, 3.63) is 12.2 Å². The second kappa shape index (κ2) is 6.18. The molecule has 94 valence electrons. The molecule has 1 aliphatic rings. The van der Waals surface area contributed by atoms with Gasteiger partial charge in [-0.3, -0.25) is 4.79 Å². The van der Waals surface area contributed by atoms with Gasteiger partial charge in [0, 0.05) is 18.3 Å². The zero-order valence-corrected chi connectivity index (χ0v) is 12.0. The zero-order valence-electron chi connectivity index (χ0n) is 11.0. The van der Waals surface area contributed by atoms with Gasteiger partial charge in [-0.05, 0) is 12.8 Å². The second-order valence-corrected chi connectivity index (χ2v) is 10.4. The molecule has 0 aromatic carbocycles. The van der Waals surface area contributed by atoms with Gasteiger partial charge in [-0.2, -0.15) is 0 Å². The van der Waals surface area contributed by atoms with Crippen LogP contribution in [0.4, 0.5) is 0 Å². The van der Waals surface area contributed by atoms with E-state index in [0.29, 0.717) is 12.2 Å². The molecule has 0 unspecified atom stereocenters. The molecule has 0 heterocycles. The number of hydrogen-bond donors (Lipinski definition) is 1. The van der Waals surface area contributed by atoms with Crippen LogP contribution in [0.2, 0.25) is 19.6 Å². The van der Waals surface area contributed by atoms with Crippen LogP contribution in [-0.4, -0.2) is 25.6 Å². The molecule has 1 aliphatic carbocycles. The highest BCUT2D eigenvalue weighted by molar-refractivity contribution is 6.83. The summed E-state index contributed by atoms with van der Waals surface area (Å²) in [6.45, 7) is 6.71. The average molecular weight is 250 g/mol. The number of carbonyl (C=O) groups is 1. The maximum atomic E-state index is 11.8. The molecule has 0 aliphatic heterocycles. The van der Waals surface area contributed by atoms with Crippen molar-refractivity contribution in [3.63, 3.8) is 0 Å². The first-order valence-electron chi connectivity index (χ1n) is 6.25. The van der Waals surface area contributed by atoms with E-state index in [0.717, 1.165) is 12.8 Å². The molecule has 1 saturated carbocycles. The van der Waals surface area contributed by atoms with E-state index in [4.69, 9.17) is 5.11 Å². The highest BCUT2D eigenvalue weighted by Gasteiger charge is 2.32. The summed E-state index contributed by atoms with van der Waals surface area (Å²) in [5.41, 5.74) is 3.37. The van der Waals surface area contributed by atoms with Crippen molar-refractivity contribution in [2.75, 3.05) is 6.61 Å². The summed E-state index contributed by atoms with van der Waals surface area (Å²) >= 11 is 0. The van der Waals surface area contributed by atoms with E-state index in [1.807, 2.05) is 6.08 Å². The number of hydrogen-bond acceptors (Lipinski definition) is 2. The minimum atomic E-state index is -1.34. The first kappa shape index (κ1) is 14.2. The molecule has 1 fully saturated rings. The van der Waals surface area contributed by atoms with Crippen molar-refractivity contribution in [1.29, 1.82) is 0 Å². The molecular weight excluding hydrogens is 228 g/mol. The van der Waals surface area contributed by atoms with Gasteiger partial charge in [0.2, 0.25) is 0 Å². The second-order valence-electron chi connectivity index (χ2n) is 5.63. The fraction of sp³-hybridized carbons (Fsp3) is 0.643. The van der Waals surface area contributed by atoms with Gasteiger partial charge in [-0.15, -0.1) is 11.5 Å². The van der Waals surface area contributed by atoms with Crippen LogP contribution in [0.1, 0.15) is 19.3 Å². The van der Waals surface area contributed by atoms with E-state index in [1.54, 1.807) is 6.08 Å². The number of aliphatic hydroxyl groups is 1. The number of Topliss-reactive ketones (excluding diaryl/α,β-unsaturated/α-hetero) is 1. The Morgan fingerprint density at radius 2 is 2.12 bits per heavy atom. The third-order valence-electron chi connectivity index (χ3n) is 2.90. The third kappa shape index (κ3) is 4.89. The molecule has 1 rings (SSSR count). The lowest BCUT2D eigenvalue weighted by atomic mass is 9.93. The van der Waals surface area contributed by atoms with Crippen molar-refractivity contribution >= 4 is 13.9 Å². The number of allylic oxidation sites excluding steroid dienone is 1. The maximum Gasteiger partial charge on any atom is 0.137 e. The number of aliphatic hydroxyl groups excluding tert-OH is 1. The van der Waals surface area contributed by atoms with Gasteiger partial charge in [0.05, 0.1) is 6.61 Å². The SMILES string of the molecule is C[Si](C)(C)C#C[C@H]1CCC(=O)[C@H]1C/C=C\CO. The molecule has 0 saturated heterocycles. The standard InChI is InChI=1S/C14H22O2Si/c1-17(2,3)11-9-12-7-8-14(16)13(12)6-4-5-10-15/h4-5,12-13,15H,6-8,10H2,1-3H3/b5-4-/t12-,13+/m1/s1. The van der Waals surface area contributed by atoms with Gasteiger partial charge in [0.15, 0.2) is 0 Å². The fourth-order valence-corrected chi connectivity index (χ4v) is 2.62. The average Bonchev–Trinajstić information content (AvgIpc) is 2.57. The molecule has 0 spiro atoms. The lowest BCUT2D eigenvalue weighted by Gasteiger charge is -2.12. The number of carbonyl (C=O) groups excluding carboxylic acids is 1. The van der Waals surface area contributed by atoms with Crippen LogP contribution >= 0.6 is 0 Å². The number of rotatable bonds is 3. The molecule has 1 N–H and O–H groups in total. The lowest BCUT2D eigenvalue weighted by Crippen LogP contribution is -2.18. The van der Waals surface area contributed by atoms with Crippen molar-refractivity contribution in [1.82, 2.24) is 0 Å². The molecular formula is C14H22O2Si. The summed E-state index contributed by atoms with van der Waals surface area (Å²) in [4.78, 5) is 11.8. The Labute approximate surface area is 105 Å². The van der Waals surface area contributed by atoms with Crippen LogP contribution in [0.25, 0.3) is 0 Å². The van der Waals surface area contributed by atoms with Crippen LogP contribution in [-0.2, 0) is 4.79 Å². The maximum absolute atomic E-state index is 11.8. The van der Waals surface area contributed by atoms with Crippen molar-refractivity contribution in [2.24, 2.45) is 11.8 Å². The van der Waals surface area contributed by atoms with Gasteiger partial charge in [-0.1, -0.05) is 31.8 Å². The van der Waals surface area contributed by atoms with Gasteiger partial charge in [0.1, 0.15) is 13.9 Å². The Morgan fingerprint density at radius 1 is 1.41 bits per heavy atom. The van der Waals surface area contributed by atoms with Gasteiger partial charge >= 0.3 is 0 Å². The van der Waals surface area contributed by atoms with Crippen LogP contribution in [0.5, 0.6) is 0 Å². The Morgan fingerprint density at radius 3 is 2.71 bits per heavy atom. The van der Waals surface area contributed by atoms with Crippen LogP contribution in [0.3, 0.4) is 0 Å². The Bertz CT molecular complexity index is 355. The largest absolute Gasteiger partial charge is 0.392 e. The summed E-state index contributed by atoms with van der Waals surface area (Å²) in [7, 11) is -1.34. The van der Waals surface area contributed by atoms with Crippen LogP contribution in [0, 0.1) is 23.3 Å². The Balaban J connectivity index is 2.67. The predicted octanol–water partition coefficient (Wildman–Crippen LogP) is 2.40. The molecule has 2 nitrogen and oxygen atoms in total. The summed E-state index contributed by atoms with van der Waals surface area (Å²) < 4.78 is 0. The van der Waals surface area contributed by atoms with Crippen molar-refractivity contribution in [3.8, 4) is 11.5 Å². The summed E-state index contributed by atoms with van der Waals surface area (Å²) in [6.07, 6.45) is 5.91. The molecule has 0 bridgehead atoms. The van der Waals surface area contributed by atoms with Gasteiger partial charge in [0.25, 0.3) is 0 Å². The monoisotopic (exact) mass is 250 g/mol. The van der Waals surface area contributed by atoms with E-state index in [2.05, 4.69) is 31.1 Å². The Hall–Kier alpha value is -0.853. The quantitative estimate of drug-likeness (QED) is 0.474. The van der Waals surface area contributed by atoms with Gasteiger partial charge < -0.3 is 5.11 Å². The smallest absolute Gasteiger partial charge is 0.137 e. The molecule has 0 radical (unpaired) electrons. The van der Waals surface area contributed by atoms with Crippen molar-refractivity contribution in [2.45, 2.75) is 38.9 Å². The minimum Gasteiger partial charge on any atom is -0.392 e. The normalized spacial score (nSPS) is 25.1. The Kier molecular flexibility index (Phi) is 5.17. The highest BCUT2D eigenvalue weighted by Crippen LogP contribution is 2.31. The zero-order chi connectivity index (χ0) is 12.9. The molecule has 0 aromatic rings. The van der Waals surface area contributed by atoms with E-state index < -0.39 is 8.07 Å². The fourth-order valence-electron chi connectivity index (χ4n) is 2.00. The van der Waals surface area contributed by atoms with E-state index in [-0.39, 0.29) is 18.4 Å². The summed E-state index contributed by atoms with van der Waals surface area (Å²) in [6, 6.07) is 0. The van der Waals surface area contributed by atoms with E-state index in [9.17, 15) is 4.79 Å². The third-order valence-corrected chi connectivity index (χ3v) is 3.79. The number of ketones is 1. The first-order chi connectivity index (χ1) is 7.94. The summed E-state index contributed by atoms with van der Waals surface area (Å²) in [5, 5.41) is 8.69. The van der Waals surface area contributed by atoms with Crippen molar-refractivity contribution < 1.29 is 9.90 Å². The molecule has 0 amide bonds. The molecule has 3 heteroatoms. The topological polar surface area (TPSA) is 37.3 Å². The summed E-state index contributed by atoms with van der Waals surface area (Å²) in [5.74, 6) is 3.95. The van der Waals surface area contributed by atoms with Crippen LogP contribution < -0.4 is 0 Å². The van der Waals surface area contributed by atoms with E-state index >= 15 is 0 Å². The van der Waals surface area contributed by atoms with Gasteiger partial charge in [-0.25, -0.2) is 0 Å². The molecule has 0 aromatic heterocycles. The molecule has 17 heavy (non-hydrogen) atoms. The highest BCUT2D eigenvalue weighted by atomic mass is 28.3.